The number of halogens is 1. The molecule has 4 aromatic rings. The van der Waals surface area contributed by atoms with Crippen molar-refractivity contribution in [3.8, 4) is 11.6 Å². The van der Waals surface area contributed by atoms with Crippen LogP contribution < -0.4 is 19.5 Å². The first-order valence-corrected chi connectivity index (χ1v) is 12.3. The number of H-pyrrole nitrogens is 1. The Labute approximate surface area is 201 Å². The molecular weight excluding hydrogens is 475 g/mol. The van der Waals surface area contributed by atoms with Gasteiger partial charge in [0.2, 0.25) is 5.88 Å². The van der Waals surface area contributed by atoms with Crippen molar-refractivity contribution in [3.05, 3.63) is 78.1 Å². The van der Waals surface area contributed by atoms with E-state index in [1.165, 1.54) is 24.3 Å². The minimum atomic E-state index is -3.96. The van der Waals surface area contributed by atoms with Gasteiger partial charge in [0.1, 0.15) is 18.2 Å². The van der Waals surface area contributed by atoms with Crippen molar-refractivity contribution in [1.82, 2.24) is 15.5 Å². The monoisotopic (exact) mass is 500 g/mol. The van der Waals surface area contributed by atoms with Gasteiger partial charge in [0.25, 0.3) is 10.0 Å². The number of nitrogens with one attached hydrogen (secondary N) is 3. The van der Waals surface area contributed by atoms with Gasteiger partial charge in [-0.25, -0.2) is 12.8 Å². The Balaban J connectivity index is 1.29. The van der Waals surface area contributed by atoms with E-state index in [1.807, 2.05) is 18.2 Å². The van der Waals surface area contributed by atoms with Gasteiger partial charge in [-0.3, -0.25) is 9.82 Å². The first-order valence-electron chi connectivity index (χ1n) is 10.8. The number of hydrogen-bond acceptors (Lipinski definition) is 7. The van der Waals surface area contributed by atoms with E-state index in [1.54, 1.807) is 25.3 Å². The third-order valence-electron chi connectivity index (χ3n) is 5.25. The molecule has 0 saturated heterocycles. The molecule has 184 valence electrons. The normalized spacial score (nSPS) is 12.4. The molecule has 0 fully saturated rings. The predicted octanol–water partition coefficient (Wildman–Crippen LogP) is 3.21. The molecule has 0 bridgehead atoms. The van der Waals surface area contributed by atoms with Crippen molar-refractivity contribution in [2.24, 2.45) is 0 Å². The number of methoxy groups -OCH3 is 1. The lowest BCUT2D eigenvalue weighted by atomic mass is 10.1. The van der Waals surface area contributed by atoms with Crippen LogP contribution in [0.2, 0.25) is 0 Å². The highest BCUT2D eigenvalue weighted by molar-refractivity contribution is 7.92. The van der Waals surface area contributed by atoms with Crippen LogP contribution >= 0.6 is 0 Å². The number of aromatic nitrogens is 2. The summed E-state index contributed by atoms with van der Waals surface area (Å²) < 4.78 is 52.4. The lowest BCUT2D eigenvalue weighted by molar-refractivity contribution is 0.172. The molecule has 11 heteroatoms. The summed E-state index contributed by atoms with van der Waals surface area (Å²) in [5.74, 6) is 0.424. The van der Waals surface area contributed by atoms with E-state index in [0.717, 1.165) is 17.0 Å². The average molecular weight is 501 g/mol. The summed E-state index contributed by atoms with van der Waals surface area (Å²) >= 11 is 0. The van der Waals surface area contributed by atoms with E-state index in [4.69, 9.17) is 9.47 Å². The molecule has 1 aromatic heterocycles. The van der Waals surface area contributed by atoms with Gasteiger partial charge in [-0.05, 0) is 42.0 Å². The fourth-order valence-electron chi connectivity index (χ4n) is 3.45. The maximum absolute atomic E-state index is 14.3. The zero-order chi connectivity index (χ0) is 24.8. The Morgan fingerprint density at radius 2 is 1.91 bits per heavy atom. The van der Waals surface area contributed by atoms with E-state index in [0.29, 0.717) is 30.3 Å². The zero-order valence-electron chi connectivity index (χ0n) is 18.9. The summed E-state index contributed by atoms with van der Waals surface area (Å²) in [4.78, 5) is 0.0119. The highest BCUT2D eigenvalue weighted by Gasteiger charge is 2.18. The number of aromatic amines is 1. The first-order chi connectivity index (χ1) is 16.9. The van der Waals surface area contributed by atoms with Crippen molar-refractivity contribution in [2.75, 3.05) is 31.5 Å². The fourth-order valence-corrected chi connectivity index (χ4v) is 4.53. The number of sulfonamides is 1. The van der Waals surface area contributed by atoms with Gasteiger partial charge < -0.3 is 19.9 Å². The van der Waals surface area contributed by atoms with Crippen LogP contribution in [0.4, 0.5) is 10.1 Å². The topological polar surface area (TPSA) is 126 Å². The molecule has 35 heavy (non-hydrogen) atoms. The smallest absolute Gasteiger partial charge is 0.261 e. The molecule has 0 aliphatic heterocycles. The molecule has 9 nitrogen and oxygen atoms in total. The maximum atomic E-state index is 14.3. The molecule has 0 aliphatic carbocycles. The van der Waals surface area contributed by atoms with Gasteiger partial charge in [0.15, 0.2) is 0 Å². The second kappa shape index (κ2) is 10.7. The Hall–Kier alpha value is -3.67. The van der Waals surface area contributed by atoms with E-state index >= 15 is 0 Å². The van der Waals surface area contributed by atoms with Crippen LogP contribution in [0.15, 0.2) is 71.6 Å². The van der Waals surface area contributed by atoms with Crippen molar-refractivity contribution in [2.45, 2.75) is 11.0 Å². The number of ether oxygens (including phenoxy) is 2. The molecule has 0 amide bonds. The number of hydrogen-bond donors (Lipinski definition) is 4. The Morgan fingerprint density at radius 3 is 2.69 bits per heavy atom. The van der Waals surface area contributed by atoms with Gasteiger partial charge in [-0.2, -0.15) is 0 Å². The number of aliphatic hydroxyl groups excluding tert-OH is 1. The third-order valence-corrected chi connectivity index (χ3v) is 6.63. The number of nitrogens with zero attached hydrogens (tertiary/aromatic N) is 1. The minimum Gasteiger partial charge on any atom is -0.492 e. The molecule has 1 atom stereocenters. The van der Waals surface area contributed by atoms with Crippen molar-refractivity contribution < 1.29 is 27.4 Å². The predicted molar refractivity (Wildman–Crippen MR) is 130 cm³/mol. The highest BCUT2D eigenvalue weighted by atomic mass is 32.2. The average Bonchev–Trinajstić information content (AvgIpc) is 3.28. The molecule has 4 rings (SSSR count). The molecule has 0 saturated carbocycles. The summed E-state index contributed by atoms with van der Waals surface area (Å²) in [5.41, 5.74) is 0.918. The third kappa shape index (κ3) is 5.88. The van der Waals surface area contributed by atoms with Crippen LogP contribution in [-0.4, -0.2) is 50.5 Å². The van der Waals surface area contributed by atoms with Crippen LogP contribution in [0.3, 0.4) is 0 Å². The van der Waals surface area contributed by atoms with Crippen LogP contribution in [0.25, 0.3) is 10.9 Å². The lowest BCUT2D eigenvalue weighted by Crippen LogP contribution is -2.26. The van der Waals surface area contributed by atoms with Gasteiger partial charge in [-0.1, -0.05) is 24.3 Å². The molecule has 0 radical (unpaired) electrons. The summed E-state index contributed by atoms with van der Waals surface area (Å²) in [6.45, 7) is 0.946. The largest absolute Gasteiger partial charge is 0.492 e. The maximum Gasteiger partial charge on any atom is 0.261 e. The van der Waals surface area contributed by atoms with Gasteiger partial charge in [0, 0.05) is 19.2 Å². The molecule has 3 aromatic carbocycles. The summed E-state index contributed by atoms with van der Waals surface area (Å²) in [7, 11) is -2.41. The molecule has 4 N–H and O–H groups in total. The lowest BCUT2D eigenvalue weighted by Gasteiger charge is -2.15. The second-order valence-corrected chi connectivity index (χ2v) is 9.35. The first kappa shape index (κ1) is 24.5. The minimum absolute atomic E-state index is 0.0119. The quantitative estimate of drug-likeness (QED) is 0.233. The van der Waals surface area contributed by atoms with Crippen LogP contribution in [0, 0.1) is 5.82 Å². The Kier molecular flexibility index (Phi) is 7.49. The van der Waals surface area contributed by atoms with E-state index in [-0.39, 0.29) is 17.1 Å². The van der Waals surface area contributed by atoms with Crippen LogP contribution in [0.5, 0.6) is 11.6 Å². The molecule has 1 unspecified atom stereocenters. The van der Waals surface area contributed by atoms with Crippen molar-refractivity contribution in [1.29, 1.82) is 0 Å². The molecule has 0 spiro atoms. The number of anilines is 1. The van der Waals surface area contributed by atoms with Crippen molar-refractivity contribution in [3.63, 3.8) is 0 Å². The van der Waals surface area contributed by atoms with Gasteiger partial charge in [0.05, 0.1) is 34.7 Å². The number of rotatable bonds is 11. The van der Waals surface area contributed by atoms with Gasteiger partial charge in [-0.15, -0.1) is 5.10 Å². The Morgan fingerprint density at radius 1 is 1.11 bits per heavy atom. The van der Waals surface area contributed by atoms with E-state index in [2.05, 4.69) is 20.2 Å². The van der Waals surface area contributed by atoms with Gasteiger partial charge >= 0.3 is 0 Å². The number of benzene rings is 3. The van der Waals surface area contributed by atoms with Crippen molar-refractivity contribution >= 4 is 26.6 Å². The van der Waals surface area contributed by atoms with Crippen LogP contribution in [0.1, 0.15) is 11.7 Å². The van der Waals surface area contributed by atoms with Crippen LogP contribution in [-0.2, 0) is 10.0 Å². The zero-order valence-corrected chi connectivity index (χ0v) is 19.7. The summed E-state index contributed by atoms with van der Waals surface area (Å²) in [5, 5.41) is 21.3. The molecule has 1 heterocycles. The number of aliphatic hydroxyl groups is 1. The Bertz CT molecular complexity index is 1400. The summed E-state index contributed by atoms with van der Waals surface area (Å²) in [6, 6.07) is 16.9. The van der Waals surface area contributed by atoms with E-state index in [9.17, 15) is 17.9 Å². The molecular formula is C24H25FN4O5S. The summed E-state index contributed by atoms with van der Waals surface area (Å²) in [6.07, 6.45) is -0.982. The number of fused-ring (bicyclic) bond motifs is 1. The standard InChI is InChI=1S/C24H25FN4O5S/c1-33-24-19-9-8-17(14-21(19)27-28-24)34-12-11-26-15-23(30)16-7-10-20(25)22(13-16)29-35(31,32)18-5-3-2-4-6-18/h2-10,13-14,23,26,29-30H,11-12,15H2,1H3,(H,27,28). The van der Waals surface area contributed by atoms with E-state index < -0.39 is 21.9 Å². The fraction of sp³-hybridized carbons (Fsp3) is 0.208. The molecule has 0 aliphatic rings. The highest BCUT2D eigenvalue weighted by Crippen LogP contribution is 2.26. The SMILES string of the molecule is COc1n[nH]c2cc(OCCNCC(O)c3ccc(F)c(NS(=O)(=O)c4ccccc4)c3)ccc12. The second-order valence-electron chi connectivity index (χ2n) is 7.67.